The molecule has 0 bridgehead atoms. The normalized spacial score (nSPS) is 10.2. The van der Waals surface area contributed by atoms with E-state index in [0.717, 1.165) is 12.0 Å². The van der Waals surface area contributed by atoms with Crippen molar-refractivity contribution in [1.29, 1.82) is 0 Å². The first-order chi connectivity index (χ1) is 6.36. The van der Waals surface area contributed by atoms with E-state index in [1.54, 1.807) is 6.08 Å². The molecule has 0 heterocycles. The van der Waals surface area contributed by atoms with Crippen LogP contribution in [0.5, 0.6) is 0 Å². The molecule has 0 spiro atoms. The first-order valence-corrected chi connectivity index (χ1v) is 4.58. The maximum atomic E-state index is 5.12. The Balaban J connectivity index is 2.70. The zero-order valence-corrected chi connectivity index (χ0v) is 7.96. The second-order valence-corrected chi connectivity index (χ2v) is 2.99. The quantitative estimate of drug-likeness (QED) is 0.611. The van der Waals surface area contributed by atoms with Gasteiger partial charge < -0.3 is 0 Å². The first kappa shape index (κ1) is 9.61. The average molecular weight is 170 g/mol. The van der Waals surface area contributed by atoms with E-state index in [9.17, 15) is 0 Å². The lowest BCUT2D eigenvalue weighted by Crippen LogP contribution is -1.81. The lowest BCUT2D eigenvalue weighted by molar-refractivity contribution is 0.922. The van der Waals surface area contributed by atoms with Crippen LogP contribution in [0, 0.1) is 12.3 Å². The summed E-state index contributed by atoms with van der Waals surface area (Å²) in [4.78, 5) is 0. The second kappa shape index (κ2) is 5.22. The van der Waals surface area contributed by atoms with E-state index in [0.29, 0.717) is 0 Å². The summed E-state index contributed by atoms with van der Waals surface area (Å²) in [5, 5.41) is 0. The molecule has 0 saturated heterocycles. The van der Waals surface area contributed by atoms with E-state index in [1.807, 2.05) is 6.08 Å². The molecule has 1 aromatic rings. The van der Waals surface area contributed by atoms with Crippen LogP contribution in [0.2, 0.25) is 0 Å². The molecule has 0 aliphatic heterocycles. The fourth-order valence-electron chi connectivity index (χ4n) is 1.23. The van der Waals surface area contributed by atoms with Gasteiger partial charge in [0.15, 0.2) is 0 Å². The van der Waals surface area contributed by atoms with E-state index in [4.69, 9.17) is 6.42 Å². The van der Waals surface area contributed by atoms with E-state index >= 15 is 0 Å². The Hall–Kier alpha value is -1.48. The predicted molar refractivity (Wildman–Crippen MR) is 58.3 cm³/mol. The molecule has 0 amide bonds. The van der Waals surface area contributed by atoms with Crippen molar-refractivity contribution in [2.45, 2.75) is 19.8 Å². The average Bonchev–Trinajstić information content (AvgIpc) is 2.17. The third-order valence-electron chi connectivity index (χ3n) is 1.89. The van der Waals surface area contributed by atoms with Crippen LogP contribution in [0.3, 0.4) is 0 Å². The number of benzene rings is 1. The Kier molecular flexibility index (Phi) is 3.85. The lowest BCUT2D eigenvalue weighted by atomic mass is 10.1. The van der Waals surface area contributed by atoms with Gasteiger partial charge in [0.2, 0.25) is 0 Å². The van der Waals surface area contributed by atoms with Crippen LogP contribution < -0.4 is 0 Å². The molecule has 0 saturated carbocycles. The van der Waals surface area contributed by atoms with Gasteiger partial charge in [0, 0.05) is 0 Å². The standard InChI is InChI=1S/C13H14/c1-3-5-7-13-10-8-12(6-4-2)9-11-13/h1,5,7-11H,4,6H2,2H3. The van der Waals surface area contributed by atoms with Gasteiger partial charge in [-0.25, -0.2) is 0 Å². The van der Waals surface area contributed by atoms with Crippen LogP contribution in [-0.2, 0) is 6.42 Å². The summed E-state index contributed by atoms with van der Waals surface area (Å²) in [6, 6.07) is 8.50. The second-order valence-electron chi connectivity index (χ2n) is 2.99. The topological polar surface area (TPSA) is 0 Å². The minimum Gasteiger partial charge on any atom is -0.115 e. The maximum Gasteiger partial charge on any atom is -0.0116 e. The van der Waals surface area contributed by atoms with Crippen LogP contribution >= 0.6 is 0 Å². The van der Waals surface area contributed by atoms with Crippen LogP contribution in [0.4, 0.5) is 0 Å². The van der Waals surface area contributed by atoms with Gasteiger partial charge in [0.1, 0.15) is 0 Å². The van der Waals surface area contributed by atoms with E-state index in [-0.39, 0.29) is 0 Å². The molecule has 0 atom stereocenters. The Bertz CT molecular complexity index is 309. The van der Waals surface area contributed by atoms with Crippen LogP contribution in [0.25, 0.3) is 6.08 Å². The fraction of sp³-hybridized carbons (Fsp3) is 0.231. The molecule has 0 fully saturated rings. The summed E-state index contributed by atoms with van der Waals surface area (Å²) in [6.45, 7) is 2.19. The zero-order chi connectivity index (χ0) is 9.52. The van der Waals surface area contributed by atoms with Crippen LogP contribution in [-0.4, -0.2) is 0 Å². The summed E-state index contributed by atoms with van der Waals surface area (Å²) in [6.07, 6.45) is 11.1. The van der Waals surface area contributed by atoms with E-state index < -0.39 is 0 Å². The maximum absolute atomic E-state index is 5.12. The highest BCUT2D eigenvalue weighted by atomic mass is 14.0. The van der Waals surface area contributed by atoms with Crippen molar-refractivity contribution >= 4 is 6.08 Å². The van der Waals surface area contributed by atoms with Crippen molar-refractivity contribution in [2.75, 3.05) is 0 Å². The number of allylic oxidation sites excluding steroid dienone is 1. The Morgan fingerprint density at radius 2 is 2.00 bits per heavy atom. The lowest BCUT2D eigenvalue weighted by Gasteiger charge is -1.98. The molecule has 0 N–H and O–H groups in total. The largest absolute Gasteiger partial charge is 0.115 e. The number of hydrogen-bond donors (Lipinski definition) is 0. The monoisotopic (exact) mass is 170 g/mol. The van der Waals surface area contributed by atoms with E-state index in [2.05, 4.69) is 37.1 Å². The minimum absolute atomic E-state index is 1.15. The van der Waals surface area contributed by atoms with Gasteiger partial charge >= 0.3 is 0 Å². The molecule has 0 unspecified atom stereocenters. The summed E-state index contributed by atoms with van der Waals surface area (Å²) in [5.74, 6) is 2.48. The molecular weight excluding hydrogens is 156 g/mol. The third-order valence-corrected chi connectivity index (χ3v) is 1.89. The van der Waals surface area contributed by atoms with Crippen molar-refractivity contribution in [3.8, 4) is 12.3 Å². The number of rotatable bonds is 3. The molecular formula is C13H14. The first-order valence-electron chi connectivity index (χ1n) is 4.58. The van der Waals surface area contributed by atoms with Crippen molar-refractivity contribution in [3.05, 3.63) is 41.5 Å². The van der Waals surface area contributed by atoms with Crippen molar-refractivity contribution in [2.24, 2.45) is 0 Å². The third kappa shape index (κ3) is 3.17. The fourth-order valence-corrected chi connectivity index (χ4v) is 1.23. The van der Waals surface area contributed by atoms with Gasteiger partial charge in [-0.2, -0.15) is 0 Å². The minimum atomic E-state index is 1.15. The molecule has 66 valence electrons. The molecule has 0 radical (unpaired) electrons. The predicted octanol–water partition coefficient (Wildman–Crippen LogP) is 3.29. The number of aryl methyl sites for hydroxylation is 1. The van der Waals surface area contributed by atoms with Crippen molar-refractivity contribution in [3.63, 3.8) is 0 Å². The van der Waals surface area contributed by atoms with Crippen LogP contribution in [0.1, 0.15) is 24.5 Å². The Labute approximate surface area is 80.3 Å². The van der Waals surface area contributed by atoms with Gasteiger partial charge in [-0.1, -0.05) is 43.5 Å². The molecule has 0 aromatic heterocycles. The summed E-state index contributed by atoms with van der Waals surface area (Å²) < 4.78 is 0. The van der Waals surface area contributed by atoms with Gasteiger partial charge in [-0.15, -0.1) is 6.42 Å². The Morgan fingerprint density at radius 1 is 1.31 bits per heavy atom. The molecule has 0 nitrogen and oxygen atoms in total. The summed E-state index contributed by atoms with van der Waals surface area (Å²) in [5.41, 5.74) is 2.55. The smallest absolute Gasteiger partial charge is 0.0116 e. The highest BCUT2D eigenvalue weighted by Gasteiger charge is 1.89. The molecule has 13 heavy (non-hydrogen) atoms. The van der Waals surface area contributed by atoms with Crippen molar-refractivity contribution in [1.82, 2.24) is 0 Å². The SMILES string of the molecule is C#CC=Cc1ccc(CCC)cc1. The van der Waals surface area contributed by atoms with Crippen LogP contribution in [0.15, 0.2) is 30.3 Å². The van der Waals surface area contributed by atoms with Gasteiger partial charge in [-0.05, 0) is 29.7 Å². The van der Waals surface area contributed by atoms with Gasteiger partial charge in [-0.3, -0.25) is 0 Å². The molecule has 1 aromatic carbocycles. The molecule has 1 rings (SSSR count). The van der Waals surface area contributed by atoms with Gasteiger partial charge in [0.25, 0.3) is 0 Å². The highest BCUT2D eigenvalue weighted by molar-refractivity contribution is 5.52. The van der Waals surface area contributed by atoms with Crippen molar-refractivity contribution < 1.29 is 0 Å². The Morgan fingerprint density at radius 3 is 2.54 bits per heavy atom. The highest BCUT2D eigenvalue weighted by Crippen LogP contribution is 2.07. The number of hydrogen-bond acceptors (Lipinski definition) is 0. The summed E-state index contributed by atoms with van der Waals surface area (Å²) in [7, 11) is 0. The zero-order valence-electron chi connectivity index (χ0n) is 7.96. The summed E-state index contributed by atoms with van der Waals surface area (Å²) >= 11 is 0. The molecule has 0 aliphatic carbocycles. The van der Waals surface area contributed by atoms with E-state index in [1.165, 1.54) is 12.0 Å². The number of terminal acetylenes is 1. The molecule has 0 aliphatic rings. The molecule has 0 heteroatoms. The van der Waals surface area contributed by atoms with Gasteiger partial charge in [0.05, 0.1) is 0 Å².